The van der Waals surface area contributed by atoms with Gasteiger partial charge in [0.2, 0.25) is 0 Å². The van der Waals surface area contributed by atoms with Crippen LogP contribution < -0.4 is 0 Å². The van der Waals surface area contributed by atoms with E-state index in [9.17, 15) is 14.3 Å². The maximum absolute atomic E-state index is 13.8. The zero-order valence-corrected chi connectivity index (χ0v) is 17.8. The molecular formula is C24H23FN4O4. The van der Waals surface area contributed by atoms with E-state index in [1.54, 1.807) is 18.3 Å². The van der Waals surface area contributed by atoms with Crippen LogP contribution in [0.1, 0.15) is 42.4 Å². The molecule has 0 aliphatic carbocycles. The van der Waals surface area contributed by atoms with Crippen molar-refractivity contribution < 1.29 is 23.8 Å². The van der Waals surface area contributed by atoms with Crippen molar-refractivity contribution in [3.63, 3.8) is 0 Å². The van der Waals surface area contributed by atoms with E-state index in [2.05, 4.69) is 14.8 Å². The number of carbonyl (C=O) groups is 1. The molecule has 4 aromatic rings. The van der Waals surface area contributed by atoms with E-state index in [0.29, 0.717) is 31.9 Å². The number of nitrogens with one attached hydrogen (secondary N) is 1. The molecule has 1 aromatic carbocycles. The Morgan fingerprint density at radius 1 is 1.18 bits per heavy atom. The van der Waals surface area contributed by atoms with Crippen LogP contribution in [0.4, 0.5) is 4.39 Å². The largest absolute Gasteiger partial charge is 0.479 e. The normalized spacial score (nSPS) is 21.8. The highest BCUT2D eigenvalue weighted by Crippen LogP contribution is 2.44. The molecule has 5 heterocycles. The van der Waals surface area contributed by atoms with Crippen LogP contribution in [0.5, 0.6) is 0 Å². The molecule has 2 aliphatic rings. The summed E-state index contributed by atoms with van der Waals surface area (Å²) >= 11 is 0. The molecule has 2 atom stereocenters. The Bertz CT molecular complexity index is 1340. The quantitative estimate of drug-likeness (QED) is 0.489. The Kier molecular flexibility index (Phi) is 4.88. The third-order valence-corrected chi connectivity index (χ3v) is 6.79. The zero-order valence-electron chi connectivity index (χ0n) is 17.8. The van der Waals surface area contributed by atoms with Crippen LogP contribution in [0.2, 0.25) is 0 Å². The second kappa shape index (κ2) is 7.93. The lowest BCUT2D eigenvalue weighted by atomic mass is 9.87. The molecule has 2 fully saturated rings. The Morgan fingerprint density at radius 3 is 2.70 bits per heavy atom. The SMILES string of the molecule is O=C(O)[C@@H]1C[C@@H](c2c(C3CCOCC3)n(-c3ccc(F)cc3)c3cc4cn[nH]c4nc23)CO1. The molecule has 0 radical (unpaired) electrons. The van der Waals surface area contributed by atoms with Gasteiger partial charge in [-0.2, -0.15) is 5.10 Å². The van der Waals surface area contributed by atoms with E-state index in [1.807, 2.05) is 6.07 Å². The molecule has 33 heavy (non-hydrogen) atoms. The fourth-order valence-electron chi connectivity index (χ4n) is 5.25. The number of ether oxygens (including phenoxy) is 2. The van der Waals surface area contributed by atoms with Gasteiger partial charge in [0.25, 0.3) is 0 Å². The van der Waals surface area contributed by atoms with Crippen molar-refractivity contribution in [3.05, 3.63) is 53.6 Å². The van der Waals surface area contributed by atoms with E-state index in [-0.39, 0.29) is 17.7 Å². The average molecular weight is 450 g/mol. The number of aliphatic carboxylic acids is 1. The minimum Gasteiger partial charge on any atom is -0.479 e. The summed E-state index contributed by atoms with van der Waals surface area (Å²) in [6, 6.07) is 8.49. The number of halogens is 1. The molecule has 2 saturated heterocycles. The number of carboxylic acid groups (broad SMARTS) is 1. The van der Waals surface area contributed by atoms with Crippen molar-refractivity contribution in [2.24, 2.45) is 0 Å². The number of aromatic nitrogens is 4. The number of aromatic amines is 1. The first-order chi connectivity index (χ1) is 16.1. The van der Waals surface area contributed by atoms with Crippen LogP contribution in [0.15, 0.2) is 36.5 Å². The maximum Gasteiger partial charge on any atom is 0.332 e. The third kappa shape index (κ3) is 3.39. The first-order valence-electron chi connectivity index (χ1n) is 11.2. The molecule has 0 amide bonds. The molecular weight excluding hydrogens is 427 g/mol. The number of rotatable bonds is 4. The van der Waals surface area contributed by atoms with Crippen molar-refractivity contribution in [1.29, 1.82) is 0 Å². The second-order valence-corrected chi connectivity index (χ2v) is 8.75. The van der Waals surface area contributed by atoms with E-state index in [0.717, 1.165) is 46.2 Å². The first kappa shape index (κ1) is 20.3. The first-order valence-corrected chi connectivity index (χ1v) is 11.2. The minimum absolute atomic E-state index is 0.110. The van der Waals surface area contributed by atoms with Crippen molar-refractivity contribution in [3.8, 4) is 5.69 Å². The fraction of sp³-hybridized carbons (Fsp3) is 0.375. The lowest BCUT2D eigenvalue weighted by Crippen LogP contribution is -2.19. The van der Waals surface area contributed by atoms with Crippen LogP contribution in [-0.2, 0) is 14.3 Å². The van der Waals surface area contributed by atoms with E-state index in [4.69, 9.17) is 14.5 Å². The molecule has 8 nitrogen and oxygen atoms in total. The molecule has 0 spiro atoms. The highest BCUT2D eigenvalue weighted by molar-refractivity contribution is 5.94. The van der Waals surface area contributed by atoms with Gasteiger partial charge in [-0.1, -0.05) is 0 Å². The van der Waals surface area contributed by atoms with Gasteiger partial charge in [0.15, 0.2) is 11.8 Å². The Hall–Kier alpha value is -3.30. The molecule has 9 heteroatoms. The Morgan fingerprint density at radius 2 is 1.97 bits per heavy atom. The molecule has 2 N–H and O–H groups in total. The lowest BCUT2D eigenvalue weighted by molar-refractivity contribution is -0.147. The lowest BCUT2D eigenvalue weighted by Gasteiger charge is -2.26. The van der Waals surface area contributed by atoms with Crippen molar-refractivity contribution in [2.45, 2.75) is 37.2 Å². The van der Waals surface area contributed by atoms with Gasteiger partial charge in [0, 0.05) is 47.4 Å². The molecule has 3 aromatic heterocycles. The van der Waals surface area contributed by atoms with Gasteiger partial charge in [-0.05, 0) is 49.6 Å². The van der Waals surface area contributed by atoms with Gasteiger partial charge in [0.05, 0.1) is 23.8 Å². The third-order valence-electron chi connectivity index (χ3n) is 6.79. The van der Waals surface area contributed by atoms with Crippen molar-refractivity contribution >= 4 is 28.0 Å². The summed E-state index contributed by atoms with van der Waals surface area (Å²) in [4.78, 5) is 16.5. The summed E-state index contributed by atoms with van der Waals surface area (Å²) in [6.07, 6.45) is 2.98. The smallest absolute Gasteiger partial charge is 0.332 e. The number of nitrogens with zero attached hydrogens (tertiary/aromatic N) is 3. The summed E-state index contributed by atoms with van der Waals surface area (Å²) in [5.74, 6) is -1.16. The van der Waals surface area contributed by atoms with E-state index < -0.39 is 12.1 Å². The Balaban J connectivity index is 1.65. The van der Waals surface area contributed by atoms with Gasteiger partial charge in [0.1, 0.15) is 5.82 Å². The molecule has 170 valence electrons. The van der Waals surface area contributed by atoms with Gasteiger partial charge in [-0.25, -0.2) is 14.2 Å². The van der Waals surface area contributed by atoms with Gasteiger partial charge >= 0.3 is 5.97 Å². The molecule has 6 rings (SSSR count). The minimum atomic E-state index is -0.948. The topological polar surface area (TPSA) is 102 Å². The number of carboxylic acids is 1. The van der Waals surface area contributed by atoms with Gasteiger partial charge < -0.3 is 19.1 Å². The number of H-pyrrole nitrogens is 1. The second-order valence-electron chi connectivity index (χ2n) is 8.75. The summed E-state index contributed by atoms with van der Waals surface area (Å²) in [5.41, 5.74) is 5.32. The van der Waals surface area contributed by atoms with Crippen LogP contribution in [-0.4, -0.2) is 56.7 Å². The van der Waals surface area contributed by atoms with Crippen LogP contribution in [0.25, 0.3) is 27.8 Å². The number of pyridine rings is 1. The van der Waals surface area contributed by atoms with E-state index >= 15 is 0 Å². The summed E-state index contributed by atoms with van der Waals surface area (Å²) in [5, 5.41) is 17.5. The summed E-state index contributed by atoms with van der Waals surface area (Å²) in [7, 11) is 0. The Labute approximate surface area is 188 Å². The molecule has 0 saturated carbocycles. The molecule has 0 unspecified atom stereocenters. The average Bonchev–Trinajstić information content (AvgIpc) is 3.55. The molecule has 0 bridgehead atoms. The molecule has 2 aliphatic heterocycles. The van der Waals surface area contributed by atoms with Gasteiger partial charge in [-0.3, -0.25) is 5.10 Å². The standard InChI is InChI=1S/C24H23FN4O4/c25-16-1-3-17(4-2-16)29-18-9-14-11-26-28-23(14)27-21(18)20(15-10-19(24(30)31)33-12-15)22(29)13-5-7-32-8-6-13/h1-4,9,11,13,15,19H,5-8,10,12H2,(H,30,31)(H,26,27,28)/t15-,19+/m1/s1. The summed E-state index contributed by atoms with van der Waals surface area (Å²) < 4.78 is 27.2. The zero-order chi connectivity index (χ0) is 22.5. The summed E-state index contributed by atoms with van der Waals surface area (Å²) in [6.45, 7) is 1.64. The van der Waals surface area contributed by atoms with Crippen molar-refractivity contribution in [2.75, 3.05) is 19.8 Å². The van der Waals surface area contributed by atoms with Crippen LogP contribution in [0.3, 0.4) is 0 Å². The maximum atomic E-state index is 13.8. The van der Waals surface area contributed by atoms with Crippen molar-refractivity contribution in [1.82, 2.24) is 19.7 Å². The highest BCUT2D eigenvalue weighted by atomic mass is 19.1. The van der Waals surface area contributed by atoms with Crippen LogP contribution >= 0.6 is 0 Å². The predicted octanol–water partition coefficient (Wildman–Crippen LogP) is 3.89. The van der Waals surface area contributed by atoms with Crippen LogP contribution in [0, 0.1) is 5.82 Å². The predicted molar refractivity (Wildman–Crippen MR) is 118 cm³/mol. The number of hydrogen-bond donors (Lipinski definition) is 2. The number of benzene rings is 1. The monoisotopic (exact) mass is 450 g/mol. The number of hydrogen-bond acceptors (Lipinski definition) is 5. The highest BCUT2D eigenvalue weighted by Gasteiger charge is 2.38. The van der Waals surface area contributed by atoms with Gasteiger partial charge in [-0.15, -0.1) is 0 Å². The fourth-order valence-corrected chi connectivity index (χ4v) is 5.25. The number of fused-ring (bicyclic) bond motifs is 2. The van der Waals surface area contributed by atoms with E-state index in [1.165, 1.54) is 12.1 Å².